The molecule has 26 heavy (non-hydrogen) atoms. The van der Waals surface area contributed by atoms with E-state index in [1.807, 2.05) is 24.3 Å². The van der Waals surface area contributed by atoms with Gasteiger partial charge in [0.15, 0.2) is 0 Å². The topological polar surface area (TPSA) is 78.4 Å². The maximum Gasteiger partial charge on any atom is 0.309 e. The summed E-state index contributed by atoms with van der Waals surface area (Å²) in [5.41, 5.74) is 2.14. The quantitative estimate of drug-likeness (QED) is 0.546. The van der Waals surface area contributed by atoms with Crippen molar-refractivity contribution in [3.05, 3.63) is 47.0 Å². The number of nitrogens with one attached hydrogen (secondary N) is 2. The molecule has 1 aliphatic carbocycles. The molecular weight excluding hydrogens is 348 g/mol. The van der Waals surface area contributed by atoms with Crippen molar-refractivity contribution >= 4 is 23.6 Å². The van der Waals surface area contributed by atoms with Gasteiger partial charge in [0.1, 0.15) is 5.60 Å². The van der Waals surface area contributed by atoms with Crippen LogP contribution in [0.3, 0.4) is 0 Å². The van der Waals surface area contributed by atoms with Crippen LogP contribution >= 0.6 is 11.8 Å². The first kappa shape index (κ1) is 19.0. The maximum absolute atomic E-state index is 12.1. The number of rotatable bonds is 5. The summed E-state index contributed by atoms with van der Waals surface area (Å²) >= 11 is 1.63. The molecular formula is C20H26N2O3S. The molecule has 2 aliphatic rings. The predicted octanol–water partition coefficient (Wildman–Crippen LogP) is 2.24. The van der Waals surface area contributed by atoms with Gasteiger partial charge >= 0.3 is 11.8 Å². The number of carbonyl (C=O) groups is 2. The van der Waals surface area contributed by atoms with Crippen molar-refractivity contribution in [1.29, 1.82) is 0 Å². The summed E-state index contributed by atoms with van der Waals surface area (Å²) in [7, 11) is 0. The summed E-state index contributed by atoms with van der Waals surface area (Å²) in [6.45, 7) is 0.509. The Labute approximate surface area is 158 Å². The highest BCUT2D eigenvalue weighted by Crippen LogP contribution is 2.35. The SMILES string of the molecule is O=C(NCCC1=CCCCC1)C(=O)NCC1(O)CSCc2ccccc21. The van der Waals surface area contributed by atoms with Gasteiger partial charge in [-0.05, 0) is 43.2 Å². The number of fused-ring (bicyclic) bond motifs is 1. The summed E-state index contributed by atoms with van der Waals surface area (Å²) in [6.07, 6.45) is 7.69. The molecule has 3 N–H and O–H groups in total. The molecule has 1 aliphatic heterocycles. The van der Waals surface area contributed by atoms with Crippen molar-refractivity contribution in [1.82, 2.24) is 10.6 Å². The van der Waals surface area contributed by atoms with E-state index in [2.05, 4.69) is 16.7 Å². The molecule has 0 fully saturated rings. The number of allylic oxidation sites excluding steroid dienone is 1. The second-order valence-corrected chi connectivity index (χ2v) is 7.96. The molecule has 0 aromatic heterocycles. The number of thioether (sulfide) groups is 1. The van der Waals surface area contributed by atoms with E-state index in [9.17, 15) is 14.7 Å². The Hall–Kier alpha value is -1.79. The third-order valence-corrected chi connectivity index (χ3v) is 6.18. The Morgan fingerprint density at radius 1 is 1.15 bits per heavy atom. The van der Waals surface area contributed by atoms with Gasteiger partial charge in [0.05, 0.1) is 6.54 Å². The second-order valence-electron chi connectivity index (χ2n) is 6.98. The second kappa shape index (κ2) is 8.73. The largest absolute Gasteiger partial charge is 0.382 e. The first-order valence-corrected chi connectivity index (χ1v) is 10.4. The highest BCUT2D eigenvalue weighted by molar-refractivity contribution is 7.98. The molecule has 1 aromatic rings. The fourth-order valence-electron chi connectivity index (χ4n) is 3.51. The van der Waals surface area contributed by atoms with Crippen molar-refractivity contribution in [2.24, 2.45) is 0 Å². The van der Waals surface area contributed by atoms with Crippen molar-refractivity contribution in [2.75, 3.05) is 18.8 Å². The van der Waals surface area contributed by atoms with Gasteiger partial charge < -0.3 is 15.7 Å². The van der Waals surface area contributed by atoms with Crippen LogP contribution < -0.4 is 10.6 Å². The highest BCUT2D eigenvalue weighted by atomic mass is 32.2. The van der Waals surface area contributed by atoms with Crippen molar-refractivity contribution in [3.8, 4) is 0 Å². The van der Waals surface area contributed by atoms with Crippen molar-refractivity contribution in [3.63, 3.8) is 0 Å². The molecule has 0 radical (unpaired) electrons. The molecule has 0 bridgehead atoms. The average molecular weight is 375 g/mol. The zero-order valence-corrected chi connectivity index (χ0v) is 15.7. The van der Waals surface area contributed by atoms with E-state index in [0.717, 1.165) is 36.1 Å². The molecule has 0 saturated heterocycles. The van der Waals surface area contributed by atoms with Crippen LogP contribution in [-0.4, -0.2) is 35.8 Å². The summed E-state index contributed by atoms with van der Waals surface area (Å²) < 4.78 is 0. The first-order chi connectivity index (χ1) is 12.6. The minimum Gasteiger partial charge on any atom is -0.382 e. The van der Waals surface area contributed by atoms with E-state index >= 15 is 0 Å². The van der Waals surface area contributed by atoms with Gasteiger partial charge in [0.25, 0.3) is 0 Å². The summed E-state index contributed by atoms with van der Waals surface area (Å²) in [5.74, 6) is 0.0221. The Morgan fingerprint density at radius 3 is 2.77 bits per heavy atom. The van der Waals surface area contributed by atoms with E-state index in [1.165, 1.54) is 18.4 Å². The molecule has 1 aromatic carbocycles. The zero-order valence-electron chi connectivity index (χ0n) is 14.9. The predicted molar refractivity (Wildman–Crippen MR) is 104 cm³/mol. The van der Waals surface area contributed by atoms with Gasteiger partial charge in [-0.25, -0.2) is 0 Å². The minimum absolute atomic E-state index is 0.0361. The molecule has 0 spiro atoms. The van der Waals surface area contributed by atoms with Crippen LogP contribution in [0.4, 0.5) is 0 Å². The third-order valence-electron chi connectivity index (χ3n) is 4.98. The van der Waals surface area contributed by atoms with Crippen LogP contribution in [0, 0.1) is 0 Å². The number of carbonyl (C=O) groups excluding carboxylic acids is 2. The fourth-order valence-corrected chi connectivity index (χ4v) is 4.68. The highest BCUT2D eigenvalue weighted by Gasteiger charge is 2.35. The summed E-state index contributed by atoms with van der Waals surface area (Å²) in [4.78, 5) is 24.0. The lowest BCUT2D eigenvalue weighted by atomic mass is 9.91. The summed E-state index contributed by atoms with van der Waals surface area (Å²) in [6, 6.07) is 7.70. The Balaban J connectivity index is 1.47. The molecule has 140 valence electrons. The van der Waals surface area contributed by atoms with Gasteiger partial charge in [-0.15, -0.1) is 0 Å². The maximum atomic E-state index is 12.1. The minimum atomic E-state index is -1.14. The molecule has 6 heteroatoms. The molecule has 5 nitrogen and oxygen atoms in total. The van der Waals surface area contributed by atoms with E-state index in [-0.39, 0.29) is 6.54 Å². The van der Waals surface area contributed by atoms with Crippen LogP contribution in [0.5, 0.6) is 0 Å². The van der Waals surface area contributed by atoms with Crippen molar-refractivity contribution < 1.29 is 14.7 Å². The van der Waals surface area contributed by atoms with Gasteiger partial charge in [-0.2, -0.15) is 11.8 Å². The number of hydrogen-bond acceptors (Lipinski definition) is 4. The fraction of sp³-hybridized carbons (Fsp3) is 0.500. The monoisotopic (exact) mass is 374 g/mol. The zero-order chi connectivity index (χ0) is 18.4. The van der Waals surface area contributed by atoms with Crippen LogP contribution in [0.15, 0.2) is 35.9 Å². The molecule has 2 amide bonds. The normalized spacial score (nSPS) is 22.1. The average Bonchev–Trinajstić information content (AvgIpc) is 2.67. The summed E-state index contributed by atoms with van der Waals surface area (Å²) in [5, 5.41) is 16.2. The standard InChI is InChI=1S/C20H26N2O3S/c23-18(21-11-10-15-6-2-1-3-7-15)19(24)22-13-20(25)14-26-12-16-8-4-5-9-17(16)20/h4-6,8-9,25H,1-3,7,10-14H2,(H,21,23)(H,22,24). The smallest absolute Gasteiger partial charge is 0.309 e. The number of aliphatic hydroxyl groups is 1. The lowest BCUT2D eigenvalue weighted by Crippen LogP contribution is -2.48. The van der Waals surface area contributed by atoms with Crippen LogP contribution in [0.1, 0.15) is 43.2 Å². The van der Waals surface area contributed by atoms with Gasteiger partial charge in [-0.3, -0.25) is 9.59 Å². The molecule has 1 heterocycles. The van der Waals surface area contributed by atoms with Crippen molar-refractivity contribution in [2.45, 2.75) is 43.5 Å². The van der Waals surface area contributed by atoms with E-state index < -0.39 is 17.4 Å². The van der Waals surface area contributed by atoms with E-state index in [1.54, 1.807) is 11.8 Å². The lowest BCUT2D eigenvalue weighted by molar-refractivity contribution is -0.139. The van der Waals surface area contributed by atoms with Crippen LogP contribution in [0.25, 0.3) is 0 Å². The van der Waals surface area contributed by atoms with Crippen LogP contribution in [-0.2, 0) is 20.9 Å². The first-order valence-electron chi connectivity index (χ1n) is 9.21. The Kier molecular flexibility index (Phi) is 6.38. The van der Waals surface area contributed by atoms with Gasteiger partial charge in [0, 0.05) is 18.1 Å². The van der Waals surface area contributed by atoms with E-state index in [4.69, 9.17) is 0 Å². The molecule has 3 rings (SSSR count). The molecule has 1 unspecified atom stereocenters. The van der Waals surface area contributed by atoms with Gasteiger partial charge in [0.2, 0.25) is 0 Å². The number of benzene rings is 1. The molecule has 0 saturated carbocycles. The number of amides is 2. The Bertz CT molecular complexity index is 704. The number of hydrogen-bond donors (Lipinski definition) is 3. The lowest BCUT2D eigenvalue weighted by Gasteiger charge is -2.34. The van der Waals surface area contributed by atoms with Crippen LogP contribution in [0.2, 0.25) is 0 Å². The third kappa shape index (κ3) is 4.68. The molecule has 1 atom stereocenters. The van der Waals surface area contributed by atoms with Gasteiger partial charge in [-0.1, -0.05) is 35.9 Å². The van der Waals surface area contributed by atoms with E-state index in [0.29, 0.717) is 12.3 Å². The Morgan fingerprint density at radius 2 is 1.96 bits per heavy atom.